The van der Waals surface area contributed by atoms with Crippen molar-refractivity contribution in [3.63, 3.8) is 0 Å². The zero-order valence-corrected chi connectivity index (χ0v) is 13.0. The second-order valence-corrected chi connectivity index (χ2v) is 5.95. The lowest BCUT2D eigenvalue weighted by Crippen LogP contribution is -2.30. The van der Waals surface area contributed by atoms with Crippen LogP contribution in [0, 0.1) is 0 Å². The molecular weight excluding hydrogens is 274 g/mol. The molecule has 0 radical (unpaired) electrons. The van der Waals surface area contributed by atoms with E-state index in [4.69, 9.17) is 21.1 Å². The van der Waals surface area contributed by atoms with E-state index in [0.717, 1.165) is 36.6 Å². The molecule has 112 valence electrons. The maximum absolute atomic E-state index is 6.29. The molecule has 2 atom stereocenters. The molecule has 1 aromatic carbocycles. The van der Waals surface area contributed by atoms with Gasteiger partial charge in [0.05, 0.1) is 18.8 Å². The summed E-state index contributed by atoms with van der Waals surface area (Å²) in [6.07, 6.45) is 2.43. The third kappa shape index (κ3) is 4.74. The van der Waals surface area contributed by atoms with Gasteiger partial charge in [-0.1, -0.05) is 43.6 Å². The number of rotatable bonds is 7. The van der Waals surface area contributed by atoms with Gasteiger partial charge < -0.3 is 14.8 Å². The Hall–Kier alpha value is -0.610. The van der Waals surface area contributed by atoms with Gasteiger partial charge in [0, 0.05) is 29.8 Å². The van der Waals surface area contributed by atoms with Crippen LogP contribution in [0.25, 0.3) is 0 Å². The summed E-state index contributed by atoms with van der Waals surface area (Å²) in [7, 11) is 0. The molecule has 0 amide bonds. The molecule has 0 spiro atoms. The Morgan fingerprint density at radius 2 is 2.20 bits per heavy atom. The van der Waals surface area contributed by atoms with Crippen LogP contribution in [0.1, 0.15) is 38.4 Å². The van der Waals surface area contributed by atoms with Crippen molar-refractivity contribution in [3.05, 3.63) is 34.9 Å². The number of benzene rings is 1. The highest BCUT2D eigenvalue weighted by Crippen LogP contribution is 2.26. The van der Waals surface area contributed by atoms with Crippen molar-refractivity contribution in [2.75, 3.05) is 19.8 Å². The van der Waals surface area contributed by atoms with Crippen LogP contribution in [0.3, 0.4) is 0 Å². The fraction of sp³-hybridized carbons (Fsp3) is 0.625. The zero-order valence-electron chi connectivity index (χ0n) is 12.3. The largest absolute Gasteiger partial charge is 0.376 e. The van der Waals surface area contributed by atoms with Crippen LogP contribution in [0.15, 0.2) is 24.3 Å². The molecule has 1 fully saturated rings. The molecule has 1 heterocycles. The second-order valence-electron chi connectivity index (χ2n) is 5.54. The highest BCUT2D eigenvalue weighted by Gasteiger charge is 2.20. The number of hydrogen-bond acceptors (Lipinski definition) is 3. The topological polar surface area (TPSA) is 30.5 Å². The van der Waals surface area contributed by atoms with Crippen molar-refractivity contribution >= 4 is 11.6 Å². The van der Waals surface area contributed by atoms with Crippen LogP contribution in [-0.2, 0) is 9.47 Å². The van der Waals surface area contributed by atoms with Crippen molar-refractivity contribution in [3.8, 4) is 0 Å². The molecule has 4 heteroatoms. The minimum atomic E-state index is -0.0321. The second kappa shape index (κ2) is 7.99. The third-order valence-electron chi connectivity index (χ3n) is 3.47. The van der Waals surface area contributed by atoms with Gasteiger partial charge in [-0.05, 0) is 18.9 Å². The Balaban J connectivity index is 1.97. The summed E-state index contributed by atoms with van der Waals surface area (Å²) in [4.78, 5) is 0. The number of nitrogens with one attached hydrogen (secondary N) is 1. The van der Waals surface area contributed by atoms with Crippen LogP contribution in [0.4, 0.5) is 0 Å². The highest BCUT2D eigenvalue weighted by atomic mass is 35.5. The lowest BCUT2D eigenvalue weighted by molar-refractivity contribution is -0.0214. The zero-order chi connectivity index (χ0) is 14.4. The maximum atomic E-state index is 6.29. The minimum absolute atomic E-state index is 0.0321. The molecule has 0 aromatic heterocycles. The van der Waals surface area contributed by atoms with Gasteiger partial charge in [-0.3, -0.25) is 0 Å². The summed E-state index contributed by atoms with van der Waals surface area (Å²) in [5, 5.41) is 4.18. The fourth-order valence-electron chi connectivity index (χ4n) is 2.34. The third-order valence-corrected chi connectivity index (χ3v) is 3.82. The van der Waals surface area contributed by atoms with E-state index in [2.05, 4.69) is 19.2 Å². The SMILES string of the molecule is CC(C)NCC(OCC1CCCO1)c1ccccc1Cl. The number of halogens is 1. The molecular formula is C16H24ClNO2. The van der Waals surface area contributed by atoms with Crippen molar-refractivity contribution in [1.82, 2.24) is 5.32 Å². The van der Waals surface area contributed by atoms with Gasteiger partial charge in [-0.2, -0.15) is 0 Å². The Labute approximate surface area is 126 Å². The lowest BCUT2D eigenvalue weighted by Gasteiger charge is -2.23. The van der Waals surface area contributed by atoms with Crippen LogP contribution < -0.4 is 5.32 Å². The van der Waals surface area contributed by atoms with E-state index < -0.39 is 0 Å². The van der Waals surface area contributed by atoms with E-state index in [1.165, 1.54) is 0 Å². The molecule has 0 saturated carbocycles. The maximum Gasteiger partial charge on any atom is 0.0964 e. The average Bonchev–Trinajstić information content (AvgIpc) is 2.93. The molecule has 1 aliphatic heterocycles. The van der Waals surface area contributed by atoms with E-state index in [1.807, 2.05) is 24.3 Å². The molecule has 1 saturated heterocycles. The van der Waals surface area contributed by atoms with Gasteiger partial charge in [0.25, 0.3) is 0 Å². The molecule has 1 aromatic rings. The molecule has 20 heavy (non-hydrogen) atoms. The minimum Gasteiger partial charge on any atom is -0.376 e. The van der Waals surface area contributed by atoms with Gasteiger partial charge in [-0.25, -0.2) is 0 Å². The van der Waals surface area contributed by atoms with Gasteiger partial charge in [0.1, 0.15) is 0 Å². The summed E-state index contributed by atoms with van der Waals surface area (Å²) in [5.74, 6) is 0. The van der Waals surface area contributed by atoms with Gasteiger partial charge in [0.15, 0.2) is 0 Å². The Kier molecular flexibility index (Phi) is 6.30. The van der Waals surface area contributed by atoms with Gasteiger partial charge >= 0.3 is 0 Å². The summed E-state index contributed by atoms with van der Waals surface area (Å²) in [6, 6.07) is 8.31. The first-order chi connectivity index (χ1) is 9.66. The molecule has 3 nitrogen and oxygen atoms in total. The van der Waals surface area contributed by atoms with Crippen LogP contribution in [-0.4, -0.2) is 31.9 Å². The first kappa shape index (κ1) is 15.8. The Morgan fingerprint density at radius 3 is 2.85 bits per heavy atom. The smallest absolute Gasteiger partial charge is 0.0964 e. The molecule has 0 bridgehead atoms. The quantitative estimate of drug-likeness (QED) is 0.834. The standard InChI is InChI=1S/C16H24ClNO2/c1-12(2)18-10-16(14-7-3-4-8-15(14)17)20-11-13-6-5-9-19-13/h3-4,7-8,12-13,16,18H,5-6,9-11H2,1-2H3. The fourth-order valence-corrected chi connectivity index (χ4v) is 2.59. The van der Waals surface area contributed by atoms with E-state index in [1.54, 1.807) is 0 Å². The van der Waals surface area contributed by atoms with Crippen LogP contribution in [0.5, 0.6) is 0 Å². The first-order valence-electron chi connectivity index (χ1n) is 7.38. The van der Waals surface area contributed by atoms with E-state index in [0.29, 0.717) is 12.6 Å². The first-order valence-corrected chi connectivity index (χ1v) is 7.75. The monoisotopic (exact) mass is 297 g/mol. The van der Waals surface area contributed by atoms with E-state index in [9.17, 15) is 0 Å². The van der Waals surface area contributed by atoms with Crippen molar-refractivity contribution in [2.24, 2.45) is 0 Å². The predicted molar refractivity (Wildman–Crippen MR) is 82.3 cm³/mol. The molecule has 1 aliphatic rings. The van der Waals surface area contributed by atoms with Gasteiger partial charge in [-0.15, -0.1) is 0 Å². The summed E-state index contributed by atoms with van der Waals surface area (Å²) in [5.41, 5.74) is 1.04. The summed E-state index contributed by atoms with van der Waals surface area (Å²) < 4.78 is 11.7. The molecule has 2 rings (SSSR count). The van der Waals surface area contributed by atoms with Crippen molar-refractivity contribution in [1.29, 1.82) is 0 Å². The van der Waals surface area contributed by atoms with Crippen molar-refractivity contribution < 1.29 is 9.47 Å². The summed E-state index contributed by atoms with van der Waals surface area (Å²) in [6.45, 7) is 6.51. The Morgan fingerprint density at radius 1 is 1.40 bits per heavy atom. The molecule has 2 unspecified atom stereocenters. The summed E-state index contributed by atoms with van der Waals surface area (Å²) >= 11 is 6.29. The normalized spacial score (nSPS) is 20.5. The molecule has 0 aliphatic carbocycles. The lowest BCUT2D eigenvalue weighted by atomic mass is 10.1. The van der Waals surface area contributed by atoms with Gasteiger partial charge in [0.2, 0.25) is 0 Å². The highest BCUT2D eigenvalue weighted by molar-refractivity contribution is 6.31. The van der Waals surface area contributed by atoms with E-state index >= 15 is 0 Å². The van der Waals surface area contributed by atoms with E-state index in [-0.39, 0.29) is 12.2 Å². The van der Waals surface area contributed by atoms with Crippen LogP contribution >= 0.6 is 11.6 Å². The van der Waals surface area contributed by atoms with Crippen LogP contribution in [0.2, 0.25) is 5.02 Å². The molecule has 1 N–H and O–H groups in total. The van der Waals surface area contributed by atoms with Crippen molar-refractivity contribution in [2.45, 2.75) is 44.9 Å². The number of hydrogen-bond donors (Lipinski definition) is 1. The Bertz CT molecular complexity index is 405. The number of ether oxygens (including phenoxy) is 2. The average molecular weight is 298 g/mol. The predicted octanol–water partition coefficient (Wildman–Crippen LogP) is 3.57.